The van der Waals surface area contributed by atoms with Crippen molar-refractivity contribution in [1.82, 2.24) is 14.3 Å². The van der Waals surface area contributed by atoms with E-state index in [2.05, 4.69) is 26.2 Å². The third kappa shape index (κ3) is 4.67. The number of nitrogens with one attached hydrogen (secondary N) is 2. The van der Waals surface area contributed by atoms with Gasteiger partial charge in [0.25, 0.3) is 11.8 Å². The van der Waals surface area contributed by atoms with Gasteiger partial charge < -0.3 is 9.88 Å². The standard InChI is InChI=1S/C15H15BrClF3N4O3S/c1-7(15(2,19)20)23-28(26,27)9-6-24(3)12(10(9)17)14(25)22-8-4-5-21-13(16)11(8)18/h4-7,23H,1-3H3,(H,21,22,25)/t7-/m1/s1. The van der Waals surface area contributed by atoms with Gasteiger partial charge >= 0.3 is 0 Å². The molecular formula is C15H15BrClF3N4O3S. The number of alkyl halides is 2. The van der Waals surface area contributed by atoms with E-state index in [1.165, 1.54) is 19.3 Å². The van der Waals surface area contributed by atoms with E-state index >= 15 is 0 Å². The summed E-state index contributed by atoms with van der Waals surface area (Å²) in [6, 6.07) is -0.520. The summed E-state index contributed by atoms with van der Waals surface area (Å²) in [6.45, 7) is 1.55. The molecule has 2 aromatic rings. The Morgan fingerprint density at radius 3 is 2.61 bits per heavy atom. The first kappa shape index (κ1) is 22.7. The zero-order chi connectivity index (χ0) is 21.4. The van der Waals surface area contributed by atoms with Crippen molar-refractivity contribution in [3.63, 3.8) is 0 Å². The van der Waals surface area contributed by atoms with Gasteiger partial charge in [-0.05, 0) is 28.9 Å². The van der Waals surface area contributed by atoms with Gasteiger partial charge in [0.1, 0.15) is 15.2 Å². The van der Waals surface area contributed by atoms with Gasteiger partial charge in [-0.15, -0.1) is 0 Å². The van der Waals surface area contributed by atoms with Crippen molar-refractivity contribution in [2.45, 2.75) is 30.7 Å². The molecule has 0 saturated carbocycles. The van der Waals surface area contributed by atoms with Crippen LogP contribution >= 0.6 is 27.5 Å². The Morgan fingerprint density at radius 2 is 2.04 bits per heavy atom. The summed E-state index contributed by atoms with van der Waals surface area (Å²) in [4.78, 5) is 15.6. The molecule has 0 aromatic carbocycles. The third-order valence-electron chi connectivity index (χ3n) is 3.78. The first-order valence-electron chi connectivity index (χ1n) is 7.62. The number of anilines is 1. The number of halogens is 5. The maximum absolute atomic E-state index is 14.0. The van der Waals surface area contributed by atoms with Crippen LogP contribution in [0.1, 0.15) is 24.3 Å². The lowest BCUT2D eigenvalue weighted by Crippen LogP contribution is -2.43. The first-order valence-corrected chi connectivity index (χ1v) is 10.3. The van der Waals surface area contributed by atoms with Crippen molar-refractivity contribution >= 4 is 49.1 Å². The fraction of sp³-hybridized carbons (Fsp3) is 0.333. The van der Waals surface area contributed by atoms with Crippen molar-refractivity contribution in [3.8, 4) is 0 Å². The number of hydrogen-bond acceptors (Lipinski definition) is 4. The Labute approximate surface area is 172 Å². The van der Waals surface area contributed by atoms with E-state index in [1.54, 1.807) is 0 Å². The average molecular weight is 504 g/mol. The Hall–Kier alpha value is -1.63. The number of carbonyl (C=O) groups excluding carboxylic acids is 1. The van der Waals surface area contributed by atoms with Gasteiger partial charge in [0.2, 0.25) is 10.0 Å². The van der Waals surface area contributed by atoms with Crippen LogP contribution in [-0.4, -0.2) is 35.8 Å². The number of aromatic nitrogens is 2. The van der Waals surface area contributed by atoms with Gasteiger partial charge in [-0.25, -0.2) is 31.3 Å². The summed E-state index contributed by atoms with van der Waals surface area (Å²) >= 11 is 8.91. The van der Waals surface area contributed by atoms with Gasteiger partial charge in [0.05, 0.1) is 16.8 Å². The second-order valence-electron chi connectivity index (χ2n) is 5.98. The van der Waals surface area contributed by atoms with E-state index in [0.717, 1.165) is 17.7 Å². The fourth-order valence-electron chi connectivity index (χ4n) is 2.11. The molecule has 0 radical (unpaired) electrons. The molecule has 1 atom stereocenters. The summed E-state index contributed by atoms with van der Waals surface area (Å²) in [5.41, 5.74) is -0.517. The Kier molecular flexibility index (Phi) is 6.48. The van der Waals surface area contributed by atoms with Crippen molar-refractivity contribution in [1.29, 1.82) is 0 Å². The van der Waals surface area contributed by atoms with Gasteiger partial charge in [0, 0.05) is 26.4 Å². The molecule has 2 rings (SSSR count). The highest BCUT2D eigenvalue weighted by Gasteiger charge is 2.36. The Balaban J connectivity index is 2.38. The van der Waals surface area contributed by atoms with E-state index in [1.807, 2.05) is 4.72 Å². The predicted octanol–water partition coefficient (Wildman–Crippen LogP) is 3.55. The molecule has 154 valence electrons. The molecule has 0 bridgehead atoms. The fourth-order valence-corrected chi connectivity index (χ4v) is 4.45. The van der Waals surface area contributed by atoms with Gasteiger partial charge in [-0.2, -0.15) is 0 Å². The van der Waals surface area contributed by atoms with E-state index < -0.39 is 43.6 Å². The summed E-state index contributed by atoms with van der Waals surface area (Å²) < 4.78 is 68.2. The van der Waals surface area contributed by atoms with E-state index in [-0.39, 0.29) is 16.0 Å². The Bertz CT molecular complexity index is 1020. The van der Waals surface area contributed by atoms with Crippen LogP contribution < -0.4 is 10.0 Å². The molecule has 28 heavy (non-hydrogen) atoms. The number of pyridine rings is 1. The van der Waals surface area contributed by atoms with Crippen LogP contribution in [0.5, 0.6) is 0 Å². The molecule has 1 amide bonds. The molecule has 0 saturated heterocycles. The molecule has 13 heteroatoms. The van der Waals surface area contributed by atoms with Crippen LogP contribution in [0.2, 0.25) is 5.02 Å². The highest BCUT2D eigenvalue weighted by Crippen LogP contribution is 2.30. The largest absolute Gasteiger partial charge is 0.344 e. The highest BCUT2D eigenvalue weighted by atomic mass is 79.9. The van der Waals surface area contributed by atoms with Gasteiger partial charge in [-0.1, -0.05) is 11.6 Å². The predicted molar refractivity (Wildman–Crippen MR) is 101 cm³/mol. The second kappa shape index (κ2) is 8.01. The van der Waals surface area contributed by atoms with Crippen molar-refractivity contribution in [2.24, 2.45) is 7.05 Å². The summed E-state index contributed by atoms with van der Waals surface area (Å²) in [7, 11) is -3.12. The van der Waals surface area contributed by atoms with Crippen LogP contribution in [-0.2, 0) is 17.1 Å². The van der Waals surface area contributed by atoms with E-state index in [9.17, 15) is 26.4 Å². The van der Waals surface area contributed by atoms with Gasteiger partial charge in [0.15, 0.2) is 5.82 Å². The topological polar surface area (TPSA) is 93.1 Å². The first-order chi connectivity index (χ1) is 12.8. The molecular weight excluding hydrogens is 489 g/mol. The number of sulfonamides is 1. The molecule has 0 aliphatic heterocycles. The van der Waals surface area contributed by atoms with Crippen molar-refractivity contribution < 1.29 is 26.4 Å². The minimum Gasteiger partial charge on any atom is -0.344 e. The lowest BCUT2D eigenvalue weighted by atomic mass is 10.2. The lowest BCUT2D eigenvalue weighted by molar-refractivity contribution is -0.00488. The van der Waals surface area contributed by atoms with Crippen molar-refractivity contribution in [3.05, 3.63) is 39.6 Å². The summed E-state index contributed by atoms with van der Waals surface area (Å²) in [5, 5.41) is 1.76. The molecule has 2 aromatic heterocycles. The van der Waals surface area contributed by atoms with Crippen LogP contribution in [0.3, 0.4) is 0 Å². The molecule has 0 aliphatic rings. The monoisotopic (exact) mass is 502 g/mol. The van der Waals surface area contributed by atoms with Crippen LogP contribution in [0.25, 0.3) is 0 Å². The molecule has 2 N–H and O–H groups in total. The van der Waals surface area contributed by atoms with Gasteiger partial charge in [-0.3, -0.25) is 4.79 Å². The smallest absolute Gasteiger partial charge is 0.273 e. The normalized spacial score (nSPS) is 13.4. The molecule has 0 unspecified atom stereocenters. The number of rotatable bonds is 6. The minimum absolute atomic E-state index is 0.134. The van der Waals surface area contributed by atoms with Crippen molar-refractivity contribution in [2.75, 3.05) is 5.32 Å². The van der Waals surface area contributed by atoms with Crippen LogP contribution in [0.15, 0.2) is 28.0 Å². The summed E-state index contributed by atoms with van der Waals surface area (Å²) in [6.07, 6.45) is 2.24. The number of amides is 1. The summed E-state index contributed by atoms with van der Waals surface area (Å²) in [5.74, 6) is -5.06. The molecule has 2 heterocycles. The Morgan fingerprint density at radius 1 is 1.43 bits per heavy atom. The maximum Gasteiger partial charge on any atom is 0.273 e. The van der Waals surface area contributed by atoms with Crippen LogP contribution in [0, 0.1) is 5.82 Å². The number of hydrogen-bond donors (Lipinski definition) is 2. The molecule has 0 aliphatic carbocycles. The average Bonchev–Trinajstić information content (AvgIpc) is 2.86. The molecule has 0 fully saturated rings. The quantitative estimate of drug-likeness (QED) is 0.590. The molecule has 0 spiro atoms. The number of carbonyl (C=O) groups is 1. The maximum atomic E-state index is 14.0. The molecule has 7 nitrogen and oxygen atoms in total. The lowest BCUT2D eigenvalue weighted by Gasteiger charge is -2.20. The minimum atomic E-state index is -4.45. The zero-order valence-corrected chi connectivity index (χ0v) is 17.9. The number of aryl methyl sites for hydroxylation is 1. The second-order valence-corrected chi connectivity index (χ2v) is 8.80. The van der Waals surface area contributed by atoms with Crippen LogP contribution in [0.4, 0.5) is 18.9 Å². The SMILES string of the molecule is C[C@@H](NS(=O)(=O)c1cn(C)c(C(=O)Nc2ccnc(Br)c2F)c1Cl)C(C)(F)F. The van der Waals surface area contributed by atoms with E-state index in [4.69, 9.17) is 11.6 Å². The highest BCUT2D eigenvalue weighted by molar-refractivity contribution is 9.10. The third-order valence-corrected chi connectivity index (χ3v) is 6.38. The zero-order valence-electron chi connectivity index (χ0n) is 14.7. The van der Waals surface area contributed by atoms with E-state index in [0.29, 0.717) is 6.92 Å². The number of nitrogens with zero attached hydrogens (tertiary/aromatic N) is 2.